The lowest BCUT2D eigenvalue weighted by Gasteiger charge is -2.09. The third kappa shape index (κ3) is 2.04. The molecular weight excluding hydrogens is 114 g/mol. The number of hydrogen-bond acceptors (Lipinski definition) is 2. The van der Waals surface area contributed by atoms with Crippen LogP contribution in [0, 0.1) is 6.42 Å². The van der Waals surface area contributed by atoms with Crippen molar-refractivity contribution in [1.82, 2.24) is 0 Å². The number of oxime groups is 1. The van der Waals surface area contributed by atoms with Gasteiger partial charge in [0, 0.05) is 0 Å². The maximum Gasteiger partial charge on any atom is 0.106 e. The third-order valence-corrected chi connectivity index (χ3v) is 1.47. The second kappa shape index (κ2) is 3.49. The topological polar surface area (TPSA) is 21.6 Å². The van der Waals surface area contributed by atoms with Gasteiger partial charge in [-0.2, -0.15) is 0 Å². The molecule has 2 nitrogen and oxygen atoms in total. The van der Waals surface area contributed by atoms with Crippen LogP contribution in [0.25, 0.3) is 0 Å². The molecule has 0 saturated heterocycles. The zero-order valence-corrected chi connectivity index (χ0v) is 5.76. The first-order chi connectivity index (χ1) is 4.43. The summed E-state index contributed by atoms with van der Waals surface area (Å²) in [6.45, 7) is 0. The average Bonchev–Trinajstić information content (AvgIpc) is 1.91. The standard InChI is InChI=1S/C7H12NO/c1-9-8-7-5-3-2-4-6-7/h3H,2,4-6H2,1H3. The molecule has 0 heterocycles. The molecule has 0 spiro atoms. The highest BCUT2D eigenvalue weighted by atomic mass is 16.6. The molecule has 0 bridgehead atoms. The molecule has 1 radical (unpaired) electrons. The number of rotatable bonds is 1. The monoisotopic (exact) mass is 126 g/mol. The van der Waals surface area contributed by atoms with Crippen LogP contribution in [0.5, 0.6) is 0 Å². The molecule has 1 aliphatic carbocycles. The van der Waals surface area contributed by atoms with Crippen LogP contribution in [0.4, 0.5) is 0 Å². The lowest BCUT2D eigenvalue weighted by atomic mass is 9.99. The number of nitrogens with zero attached hydrogens (tertiary/aromatic N) is 1. The highest BCUT2D eigenvalue weighted by Crippen LogP contribution is 2.13. The fourth-order valence-electron chi connectivity index (χ4n) is 1.03. The summed E-state index contributed by atoms with van der Waals surface area (Å²) in [7, 11) is 1.60. The Kier molecular flexibility index (Phi) is 2.55. The van der Waals surface area contributed by atoms with Gasteiger partial charge >= 0.3 is 0 Å². The van der Waals surface area contributed by atoms with Crippen molar-refractivity contribution < 1.29 is 4.84 Å². The van der Waals surface area contributed by atoms with E-state index < -0.39 is 0 Å². The zero-order chi connectivity index (χ0) is 6.53. The van der Waals surface area contributed by atoms with E-state index in [4.69, 9.17) is 0 Å². The molecule has 2 heteroatoms. The van der Waals surface area contributed by atoms with Crippen LogP contribution in [0.3, 0.4) is 0 Å². The minimum absolute atomic E-state index is 1.02. The zero-order valence-electron chi connectivity index (χ0n) is 5.76. The van der Waals surface area contributed by atoms with Crippen molar-refractivity contribution in [2.75, 3.05) is 7.11 Å². The quantitative estimate of drug-likeness (QED) is 0.490. The highest BCUT2D eigenvalue weighted by Gasteiger charge is 2.06. The van der Waals surface area contributed by atoms with Gasteiger partial charge in [-0.15, -0.1) is 0 Å². The van der Waals surface area contributed by atoms with Gasteiger partial charge < -0.3 is 4.84 Å². The Hall–Kier alpha value is -0.530. The fraction of sp³-hybridized carbons (Fsp3) is 0.714. The maximum atomic E-state index is 4.65. The average molecular weight is 126 g/mol. The van der Waals surface area contributed by atoms with E-state index in [1.165, 1.54) is 18.6 Å². The lowest BCUT2D eigenvalue weighted by molar-refractivity contribution is 0.211. The van der Waals surface area contributed by atoms with E-state index in [1.54, 1.807) is 7.11 Å². The van der Waals surface area contributed by atoms with Crippen LogP contribution < -0.4 is 0 Å². The minimum Gasteiger partial charge on any atom is -0.399 e. The van der Waals surface area contributed by atoms with Crippen LogP contribution in [0.1, 0.15) is 25.7 Å². The van der Waals surface area contributed by atoms with Crippen molar-refractivity contribution in [1.29, 1.82) is 0 Å². The summed E-state index contributed by atoms with van der Waals surface area (Å²) >= 11 is 0. The highest BCUT2D eigenvalue weighted by molar-refractivity contribution is 5.85. The molecule has 0 aromatic carbocycles. The van der Waals surface area contributed by atoms with Crippen LogP contribution in [0.15, 0.2) is 5.16 Å². The van der Waals surface area contributed by atoms with Crippen LogP contribution in [-0.4, -0.2) is 12.8 Å². The summed E-state index contributed by atoms with van der Waals surface area (Å²) in [4.78, 5) is 4.65. The predicted molar refractivity (Wildman–Crippen MR) is 37.2 cm³/mol. The molecule has 0 unspecified atom stereocenters. The SMILES string of the molecule is CON=C1C[CH]CCC1. The van der Waals surface area contributed by atoms with Gasteiger partial charge in [0.25, 0.3) is 0 Å². The smallest absolute Gasteiger partial charge is 0.106 e. The van der Waals surface area contributed by atoms with Crippen LogP contribution in [-0.2, 0) is 4.84 Å². The fourth-order valence-corrected chi connectivity index (χ4v) is 1.03. The van der Waals surface area contributed by atoms with Crippen LogP contribution in [0.2, 0.25) is 0 Å². The third-order valence-electron chi connectivity index (χ3n) is 1.47. The summed E-state index contributed by atoms with van der Waals surface area (Å²) in [6, 6.07) is 0. The predicted octanol–water partition coefficient (Wildman–Crippen LogP) is 1.77. The molecule has 0 aliphatic heterocycles. The van der Waals surface area contributed by atoms with Gasteiger partial charge in [0.15, 0.2) is 0 Å². The Morgan fingerprint density at radius 3 is 3.11 bits per heavy atom. The van der Waals surface area contributed by atoms with Gasteiger partial charge in [-0.3, -0.25) is 0 Å². The molecule has 0 atom stereocenters. The first-order valence-electron chi connectivity index (χ1n) is 3.34. The molecule has 0 amide bonds. The molecule has 1 saturated carbocycles. The van der Waals surface area contributed by atoms with Gasteiger partial charge in [-0.05, 0) is 32.1 Å². The molecule has 51 valence electrons. The van der Waals surface area contributed by atoms with Gasteiger partial charge in [0.2, 0.25) is 0 Å². The second-order valence-corrected chi connectivity index (χ2v) is 2.23. The van der Waals surface area contributed by atoms with Crippen molar-refractivity contribution in [3.8, 4) is 0 Å². The number of hydrogen-bond donors (Lipinski definition) is 0. The van der Waals surface area contributed by atoms with Gasteiger partial charge in [0.1, 0.15) is 7.11 Å². The van der Waals surface area contributed by atoms with Crippen molar-refractivity contribution in [3.05, 3.63) is 6.42 Å². The summed E-state index contributed by atoms with van der Waals surface area (Å²) < 4.78 is 0. The van der Waals surface area contributed by atoms with Crippen LogP contribution >= 0.6 is 0 Å². The van der Waals surface area contributed by atoms with Crippen molar-refractivity contribution >= 4 is 5.71 Å². The van der Waals surface area contributed by atoms with Crippen molar-refractivity contribution in [2.24, 2.45) is 5.16 Å². The Labute approximate surface area is 55.9 Å². The molecule has 1 aliphatic rings. The molecule has 1 fully saturated rings. The summed E-state index contributed by atoms with van der Waals surface area (Å²) in [5, 5.41) is 3.87. The largest absolute Gasteiger partial charge is 0.399 e. The minimum atomic E-state index is 1.02. The van der Waals surface area contributed by atoms with Crippen molar-refractivity contribution in [3.63, 3.8) is 0 Å². The normalized spacial score (nSPS) is 24.3. The molecule has 9 heavy (non-hydrogen) atoms. The Morgan fingerprint density at radius 1 is 1.67 bits per heavy atom. The van der Waals surface area contributed by atoms with E-state index in [1.807, 2.05) is 0 Å². The van der Waals surface area contributed by atoms with E-state index in [2.05, 4.69) is 16.4 Å². The second-order valence-electron chi connectivity index (χ2n) is 2.23. The Bertz CT molecular complexity index is 101. The van der Waals surface area contributed by atoms with E-state index in [0.29, 0.717) is 0 Å². The molecular formula is C7H12NO. The lowest BCUT2D eigenvalue weighted by Crippen LogP contribution is -2.05. The van der Waals surface area contributed by atoms with Gasteiger partial charge in [0.05, 0.1) is 5.71 Å². The van der Waals surface area contributed by atoms with E-state index >= 15 is 0 Å². The summed E-state index contributed by atoms with van der Waals surface area (Å²) in [5.74, 6) is 0. The van der Waals surface area contributed by atoms with Gasteiger partial charge in [-0.25, -0.2) is 0 Å². The first-order valence-corrected chi connectivity index (χ1v) is 3.34. The Balaban J connectivity index is 2.30. The molecule has 0 N–H and O–H groups in total. The molecule has 0 aromatic rings. The van der Waals surface area contributed by atoms with E-state index in [0.717, 1.165) is 12.8 Å². The Morgan fingerprint density at radius 2 is 2.56 bits per heavy atom. The summed E-state index contributed by atoms with van der Waals surface area (Å²) in [6.07, 6.45) is 6.87. The van der Waals surface area contributed by atoms with Crippen molar-refractivity contribution in [2.45, 2.75) is 25.7 Å². The van der Waals surface area contributed by atoms with E-state index in [-0.39, 0.29) is 0 Å². The van der Waals surface area contributed by atoms with Gasteiger partial charge in [-0.1, -0.05) is 5.16 Å². The first kappa shape index (κ1) is 6.59. The maximum absolute atomic E-state index is 4.65. The summed E-state index contributed by atoms with van der Waals surface area (Å²) in [5.41, 5.74) is 1.18. The van der Waals surface area contributed by atoms with E-state index in [9.17, 15) is 0 Å². The molecule has 1 rings (SSSR count). The molecule has 0 aromatic heterocycles.